The molecule has 0 saturated carbocycles. The lowest BCUT2D eigenvalue weighted by Gasteiger charge is -2.34. The standard InChI is InChI=1S/C22H29FN4O2/c1-3-25-15-17(22(29)27-7-5-4-6-8-27)21(28)16-13-18(23)20(14-19(16)25)26-11-9-24(2)10-12-26/h13-15H,3-12H2,1-2H3. The molecule has 7 heteroatoms. The number of hydrogen-bond acceptors (Lipinski definition) is 4. The third kappa shape index (κ3) is 3.75. The second-order valence-electron chi connectivity index (χ2n) is 8.12. The number of pyridine rings is 1. The summed E-state index contributed by atoms with van der Waals surface area (Å²) < 4.78 is 16.9. The summed E-state index contributed by atoms with van der Waals surface area (Å²) in [6, 6.07) is 3.10. The average Bonchev–Trinajstić information content (AvgIpc) is 2.75. The fraction of sp³-hybridized carbons (Fsp3) is 0.545. The van der Waals surface area contributed by atoms with E-state index < -0.39 is 5.82 Å². The first-order valence-electron chi connectivity index (χ1n) is 10.6. The van der Waals surface area contributed by atoms with E-state index in [0.29, 0.717) is 30.8 Å². The maximum absolute atomic E-state index is 15.0. The molecule has 1 aromatic carbocycles. The van der Waals surface area contributed by atoms with Gasteiger partial charge in [-0.05, 0) is 45.4 Å². The lowest BCUT2D eigenvalue weighted by atomic mass is 10.1. The Kier molecular flexibility index (Phi) is 5.58. The number of hydrogen-bond donors (Lipinski definition) is 0. The number of amides is 1. The van der Waals surface area contributed by atoms with Gasteiger partial charge in [-0.25, -0.2) is 4.39 Å². The first kappa shape index (κ1) is 19.9. The highest BCUT2D eigenvalue weighted by molar-refractivity contribution is 5.98. The van der Waals surface area contributed by atoms with Crippen LogP contribution in [0.5, 0.6) is 0 Å². The molecule has 0 bridgehead atoms. The Bertz CT molecular complexity index is 973. The molecule has 0 aliphatic carbocycles. The summed E-state index contributed by atoms with van der Waals surface area (Å²) in [5.41, 5.74) is 0.988. The molecule has 3 heterocycles. The Morgan fingerprint density at radius 1 is 1.03 bits per heavy atom. The molecule has 1 aromatic heterocycles. The summed E-state index contributed by atoms with van der Waals surface area (Å²) in [6.07, 6.45) is 4.70. The zero-order valence-electron chi connectivity index (χ0n) is 17.3. The molecule has 6 nitrogen and oxygen atoms in total. The average molecular weight is 400 g/mol. The Balaban J connectivity index is 1.78. The number of rotatable bonds is 3. The fourth-order valence-corrected chi connectivity index (χ4v) is 4.37. The quantitative estimate of drug-likeness (QED) is 0.795. The zero-order chi connectivity index (χ0) is 20.5. The molecule has 2 aliphatic rings. The number of piperidine rings is 1. The normalized spacial score (nSPS) is 18.4. The van der Waals surface area contributed by atoms with Crippen molar-refractivity contribution >= 4 is 22.5 Å². The van der Waals surface area contributed by atoms with Crippen molar-refractivity contribution in [3.63, 3.8) is 0 Å². The van der Waals surface area contributed by atoms with Gasteiger partial charge in [0.05, 0.1) is 11.2 Å². The summed E-state index contributed by atoms with van der Waals surface area (Å²) in [7, 11) is 2.06. The number of carbonyl (C=O) groups is 1. The number of likely N-dealkylation sites (tertiary alicyclic amines) is 1. The van der Waals surface area contributed by atoms with Gasteiger partial charge < -0.3 is 19.3 Å². The highest BCUT2D eigenvalue weighted by Crippen LogP contribution is 2.26. The molecule has 2 saturated heterocycles. The van der Waals surface area contributed by atoms with Crippen LogP contribution < -0.4 is 10.3 Å². The summed E-state index contributed by atoms with van der Waals surface area (Å²) >= 11 is 0. The predicted molar refractivity (Wildman–Crippen MR) is 113 cm³/mol. The summed E-state index contributed by atoms with van der Waals surface area (Å²) in [6.45, 7) is 7.19. The van der Waals surface area contributed by atoms with Gasteiger partial charge in [-0.3, -0.25) is 9.59 Å². The molecule has 29 heavy (non-hydrogen) atoms. The SMILES string of the molecule is CCn1cc(C(=O)N2CCCCC2)c(=O)c2cc(F)c(N3CCN(C)CC3)cc21. The summed E-state index contributed by atoms with van der Waals surface area (Å²) in [5.74, 6) is -0.633. The molecular weight excluding hydrogens is 371 g/mol. The van der Waals surface area contributed by atoms with Gasteiger partial charge in [0, 0.05) is 57.4 Å². The van der Waals surface area contributed by atoms with Crippen LogP contribution in [0.1, 0.15) is 36.5 Å². The number of carbonyl (C=O) groups excluding carboxylic acids is 1. The molecule has 0 radical (unpaired) electrons. The molecule has 0 spiro atoms. The van der Waals surface area contributed by atoms with Gasteiger partial charge in [0.15, 0.2) is 0 Å². The maximum atomic E-state index is 15.0. The van der Waals surface area contributed by atoms with E-state index in [2.05, 4.69) is 11.9 Å². The molecule has 2 aliphatic heterocycles. The molecule has 2 fully saturated rings. The van der Waals surface area contributed by atoms with Crippen molar-refractivity contribution in [1.82, 2.24) is 14.4 Å². The van der Waals surface area contributed by atoms with Gasteiger partial charge in [-0.15, -0.1) is 0 Å². The minimum Gasteiger partial charge on any atom is -0.367 e. The summed E-state index contributed by atoms with van der Waals surface area (Å²) in [5, 5.41) is 0.282. The first-order chi connectivity index (χ1) is 14.0. The topological polar surface area (TPSA) is 48.8 Å². The number of nitrogens with zero attached hydrogens (tertiary/aromatic N) is 4. The second-order valence-corrected chi connectivity index (χ2v) is 8.12. The van der Waals surface area contributed by atoms with E-state index in [1.807, 2.05) is 16.4 Å². The third-order valence-corrected chi connectivity index (χ3v) is 6.21. The molecule has 0 atom stereocenters. The fourth-order valence-electron chi connectivity index (χ4n) is 4.37. The van der Waals surface area contributed by atoms with E-state index in [1.165, 1.54) is 6.07 Å². The van der Waals surface area contributed by atoms with Crippen molar-refractivity contribution in [1.29, 1.82) is 0 Å². The van der Waals surface area contributed by atoms with Crippen molar-refractivity contribution in [2.75, 3.05) is 51.2 Å². The van der Waals surface area contributed by atoms with Crippen molar-refractivity contribution < 1.29 is 9.18 Å². The minimum atomic E-state index is -0.399. The van der Waals surface area contributed by atoms with Crippen LogP contribution in [0.15, 0.2) is 23.1 Å². The van der Waals surface area contributed by atoms with Crippen molar-refractivity contribution in [2.24, 2.45) is 0 Å². The lowest BCUT2D eigenvalue weighted by Crippen LogP contribution is -2.44. The van der Waals surface area contributed by atoms with Gasteiger partial charge in [0.2, 0.25) is 5.43 Å². The van der Waals surface area contributed by atoms with Crippen molar-refractivity contribution in [3.8, 4) is 0 Å². The van der Waals surface area contributed by atoms with E-state index in [1.54, 1.807) is 17.2 Å². The molecule has 1 amide bonds. The predicted octanol–water partition coefficient (Wildman–Crippen LogP) is 2.54. The number of aryl methyl sites for hydroxylation is 1. The third-order valence-electron chi connectivity index (χ3n) is 6.21. The molecular formula is C22H29FN4O2. The molecule has 4 rings (SSSR count). The number of piperazine rings is 1. The van der Waals surface area contributed by atoms with Gasteiger partial charge >= 0.3 is 0 Å². The monoisotopic (exact) mass is 400 g/mol. The van der Waals surface area contributed by atoms with Gasteiger partial charge in [-0.1, -0.05) is 0 Å². The number of likely N-dealkylation sites (N-methyl/N-ethyl adjacent to an activating group) is 1. The highest BCUT2D eigenvalue weighted by atomic mass is 19.1. The highest BCUT2D eigenvalue weighted by Gasteiger charge is 2.24. The zero-order valence-corrected chi connectivity index (χ0v) is 17.3. The van der Waals surface area contributed by atoms with Crippen molar-refractivity contribution in [2.45, 2.75) is 32.7 Å². The number of halogens is 1. The van der Waals surface area contributed by atoms with E-state index >= 15 is 4.39 Å². The van der Waals surface area contributed by atoms with Crippen LogP contribution in [0.2, 0.25) is 0 Å². The number of aromatic nitrogens is 1. The summed E-state index contributed by atoms with van der Waals surface area (Å²) in [4.78, 5) is 32.1. The van der Waals surface area contributed by atoms with Crippen LogP contribution in [0.3, 0.4) is 0 Å². The smallest absolute Gasteiger partial charge is 0.259 e. The Morgan fingerprint density at radius 3 is 2.38 bits per heavy atom. The molecule has 0 N–H and O–H groups in total. The second kappa shape index (κ2) is 8.14. The maximum Gasteiger partial charge on any atom is 0.259 e. The van der Waals surface area contributed by atoms with Crippen LogP contribution in [-0.4, -0.2) is 66.6 Å². The van der Waals surface area contributed by atoms with Crippen LogP contribution >= 0.6 is 0 Å². The Labute approximate surface area is 170 Å². The largest absolute Gasteiger partial charge is 0.367 e. The van der Waals surface area contributed by atoms with Gasteiger partial charge in [-0.2, -0.15) is 0 Å². The van der Waals surface area contributed by atoms with Gasteiger partial charge in [0.25, 0.3) is 5.91 Å². The van der Waals surface area contributed by atoms with Crippen LogP contribution in [0, 0.1) is 5.82 Å². The van der Waals surface area contributed by atoms with E-state index in [0.717, 1.165) is 45.4 Å². The lowest BCUT2D eigenvalue weighted by molar-refractivity contribution is 0.0722. The number of benzene rings is 1. The van der Waals surface area contributed by atoms with Gasteiger partial charge in [0.1, 0.15) is 11.4 Å². The Hall–Kier alpha value is -2.41. The molecule has 0 unspecified atom stereocenters. The Morgan fingerprint density at radius 2 is 1.72 bits per heavy atom. The van der Waals surface area contributed by atoms with E-state index in [9.17, 15) is 9.59 Å². The van der Waals surface area contributed by atoms with Crippen LogP contribution in [0.4, 0.5) is 10.1 Å². The number of fused-ring (bicyclic) bond motifs is 1. The molecule has 2 aromatic rings. The van der Waals surface area contributed by atoms with Crippen LogP contribution in [-0.2, 0) is 6.54 Å². The van der Waals surface area contributed by atoms with Crippen molar-refractivity contribution in [3.05, 3.63) is 39.9 Å². The van der Waals surface area contributed by atoms with Crippen LogP contribution in [0.25, 0.3) is 10.9 Å². The van der Waals surface area contributed by atoms with E-state index in [-0.39, 0.29) is 22.3 Å². The minimum absolute atomic E-state index is 0.146. The first-order valence-corrected chi connectivity index (χ1v) is 10.6. The molecule has 156 valence electrons. The number of anilines is 1. The van der Waals surface area contributed by atoms with E-state index in [4.69, 9.17) is 0 Å².